The van der Waals surface area contributed by atoms with Crippen LogP contribution in [0.1, 0.15) is 54.9 Å². The lowest BCUT2D eigenvalue weighted by Crippen LogP contribution is -2.64. The summed E-state index contributed by atoms with van der Waals surface area (Å²) in [6.07, 6.45) is 5.73. The van der Waals surface area contributed by atoms with Crippen molar-refractivity contribution in [1.29, 1.82) is 0 Å². The highest BCUT2D eigenvalue weighted by atomic mass is 28.3. The van der Waals surface area contributed by atoms with Crippen molar-refractivity contribution < 1.29 is 0 Å². The molecule has 0 radical (unpaired) electrons. The lowest BCUT2D eigenvalue weighted by Gasteiger charge is -2.53. The van der Waals surface area contributed by atoms with Crippen LogP contribution in [0, 0.1) is 0 Å². The Morgan fingerprint density at radius 3 is 1.65 bits per heavy atom. The van der Waals surface area contributed by atoms with Gasteiger partial charge in [-0.05, 0) is 29.2 Å². The molecule has 1 heterocycles. The summed E-state index contributed by atoms with van der Waals surface area (Å²) in [6.45, 7) is 21.9. The average molecular weight is 297 g/mol. The molecule has 0 aromatic heterocycles. The van der Waals surface area contributed by atoms with Gasteiger partial charge in [-0.25, -0.2) is 0 Å². The van der Waals surface area contributed by atoms with Gasteiger partial charge in [-0.1, -0.05) is 54.5 Å². The number of hydrogen-bond acceptors (Lipinski definition) is 2. The van der Waals surface area contributed by atoms with Gasteiger partial charge in [0.1, 0.15) is 8.24 Å². The highest BCUT2D eigenvalue weighted by Crippen LogP contribution is 2.44. The van der Waals surface area contributed by atoms with E-state index in [2.05, 4.69) is 70.2 Å². The summed E-state index contributed by atoms with van der Waals surface area (Å²) in [5.41, 5.74) is 2.50. The summed E-state index contributed by atoms with van der Waals surface area (Å²) in [5.74, 6) is 0. The Morgan fingerprint density at radius 1 is 0.850 bits per heavy atom. The minimum Gasteiger partial charge on any atom is -0.375 e. The van der Waals surface area contributed by atoms with Crippen LogP contribution in [0.5, 0.6) is 0 Å². The molecule has 118 valence electrons. The minimum atomic E-state index is -1.41. The third-order valence-electron chi connectivity index (χ3n) is 5.19. The molecule has 1 aliphatic heterocycles. The fourth-order valence-electron chi connectivity index (χ4n) is 4.61. The first kappa shape index (κ1) is 17.8. The highest BCUT2D eigenvalue weighted by Gasteiger charge is 2.48. The standard InChI is InChI=1S/C17H36N2Si/c1-8-9-10-18-11-13-19(14-12-18)20(15(2)3,16(4)5)17(6)7/h9-10,15-17H,8,11-14H2,1-7H3/b10-9+. The lowest BCUT2D eigenvalue weighted by molar-refractivity contribution is 0.229. The van der Waals surface area contributed by atoms with Crippen LogP contribution in [-0.2, 0) is 0 Å². The lowest BCUT2D eigenvalue weighted by atomic mass is 10.3. The molecule has 1 aliphatic rings. The van der Waals surface area contributed by atoms with E-state index in [4.69, 9.17) is 0 Å². The first-order chi connectivity index (χ1) is 9.37. The van der Waals surface area contributed by atoms with Crippen LogP contribution in [0.4, 0.5) is 0 Å². The summed E-state index contributed by atoms with van der Waals surface area (Å²) in [4.78, 5) is 2.50. The summed E-state index contributed by atoms with van der Waals surface area (Å²) in [6, 6.07) is 0. The van der Waals surface area contributed by atoms with E-state index < -0.39 is 8.24 Å². The van der Waals surface area contributed by atoms with Crippen LogP contribution in [-0.4, -0.2) is 43.9 Å². The molecule has 0 aromatic rings. The zero-order valence-electron chi connectivity index (χ0n) is 14.8. The highest BCUT2D eigenvalue weighted by molar-refractivity contribution is 6.81. The third-order valence-corrected chi connectivity index (χ3v) is 12.3. The Labute approximate surface area is 128 Å². The SMILES string of the molecule is CC/C=C/N1CCN([Si](C(C)C)(C(C)C)C(C)C)CC1. The summed E-state index contributed by atoms with van der Waals surface area (Å²) in [5, 5.41) is 0. The molecule has 0 unspecified atom stereocenters. The van der Waals surface area contributed by atoms with Gasteiger partial charge in [0.05, 0.1) is 0 Å². The Hall–Kier alpha value is -0.283. The van der Waals surface area contributed by atoms with E-state index in [0.717, 1.165) is 23.0 Å². The number of rotatable bonds is 6. The minimum absolute atomic E-state index is 0.834. The van der Waals surface area contributed by atoms with Crippen LogP contribution in [0.15, 0.2) is 12.3 Å². The zero-order valence-corrected chi connectivity index (χ0v) is 15.8. The molecule has 0 N–H and O–H groups in total. The van der Waals surface area contributed by atoms with E-state index in [-0.39, 0.29) is 0 Å². The molecule has 1 rings (SSSR count). The molecule has 0 aliphatic carbocycles. The van der Waals surface area contributed by atoms with Gasteiger partial charge in [0.2, 0.25) is 0 Å². The zero-order chi connectivity index (χ0) is 15.3. The predicted octanol–water partition coefficient (Wildman–Crippen LogP) is 4.70. The molecule has 3 heteroatoms. The average Bonchev–Trinajstić information content (AvgIpc) is 2.37. The maximum absolute atomic E-state index is 2.92. The second kappa shape index (κ2) is 7.65. The van der Waals surface area contributed by atoms with E-state index in [0.29, 0.717) is 0 Å². The van der Waals surface area contributed by atoms with Crippen LogP contribution in [0.3, 0.4) is 0 Å². The second-order valence-electron chi connectivity index (χ2n) is 7.17. The smallest absolute Gasteiger partial charge is 0.136 e. The van der Waals surface area contributed by atoms with Gasteiger partial charge >= 0.3 is 0 Å². The Kier molecular flexibility index (Phi) is 6.79. The number of nitrogens with zero attached hydrogens (tertiary/aromatic N) is 2. The van der Waals surface area contributed by atoms with E-state index in [1.165, 1.54) is 26.2 Å². The molecule has 1 fully saturated rings. The van der Waals surface area contributed by atoms with Crippen molar-refractivity contribution >= 4 is 8.24 Å². The van der Waals surface area contributed by atoms with Crippen LogP contribution in [0.2, 0.25) is 16.6 Å². The molecule has 0 amide bonds. The Bertz CT molecular complexity index is 280. The molecule has 2 nitrogen and oxygen atoms in total. The largest absolute Gasteiger partial charge is 0.375 e. The van der Waals surface area contributed by atoms with E-state index in [9.17, 15) is 0 Å². The van der Waals surface area contributed by atoms with Gasteiger partial charge in [-0.15, -0.1) is 0 Å². The number of hydrogen-bond donors (Lipinski definition) is 0. The van der Waals surface area contributed by atoms with Crippen LogP contribution >= 0.6 is 0 Å². The van der Waals surface area contributed by atoms with Crippen LogP contribution in [0.25, 0.3) is 0 Å². The second-order valence-corrected chi connectivity index (χ2v) is 13.0. The van der Waals surface area contributed by atoms with Crippen molar-refractivity contribution in [2.24, 2.45) is 0 Å². The van der Waals surface area contributed by atoms with Gasteiger partial charge in [-0.3, -0.25) is 0 Å². The summed E-state index contributed by atoms with van der Waals surface area (Å²) >= 11 is 0. The monoisotopic (exact) mass is 296 g/mol. The number of allylic oxidation sites excluding steroid dienone is 1. The number of piperazine rings is 1. The third kappa shape index (κ3) is 3.48. The van der Waals surface area contributed by atoms with Crippen molar-refractivity contribution in [3.63, 3.8) is 0 Å². The molecule has 20 heavy (non-hydrogen) atoms. The van der Waals surface area contributed by atoms with Gasteiger partial charge in [-0.2, -0.15) is 0 Å². The fourth-order valence-corrected chi connectivity index (χ4v) is 11.8. The van der Waals surface area contributed by atoms with Gasteiger partial charge in [0.25, 0.3) is 0 Å². The molecule has 0 aromatic carbocycles. The van der Waals surface area contributed by atoms with Gasteiger partial charge in [0.15, 0.2) is 0 Å². The van der Waals surface area contributed by atoms with Crippen molar-refractivity contribution in [3.05, 3.63) is 12.3 Å². The predicted molar refractivity (Wildman–Crippen MR) is 93.6 cm³/mol. The maximum atomic E-state index is 2.92. The Balaban J connectivity index is 2.83. The molecule has 0 saturated carbocycles. The van der Waals surface area contributed by atoms with Crippen molar-refractivity contribution in [3.8, 4) is 0 Å². The molecular weight excluding hydrogens is 260 g/mol. The maximum Gasteiger partial charge on any atom is 0.136 e. The Morgan fingerprint density at radius 2 is 1.30 bits per heavy atom. The van der Waals surface area contributed by atoms with Crippen molar-refractivity contribution in [2.75, 3.05) is 26.2 Å². The normalized spacial score (nSPS) is 19.0. The van der Waals surface area contributed by atoms with Crippen molar-refractivity contribution in [2.45, 2.75) is 71.5 Å². The summed E-state index contributed by atoms with van der Waals surface area (Å²) in [7, 11) is -1.41. The molecule has 0 spiro atoms. The molecule has 1 saturated heterocycles. The van der Waals surface area contributed by atoms with E-state index >= 15 is 0 Å². The van der Waals surface area contributed by atoms with E-state index in [1.807, 2.05) is 0 Å². The van der Waals surface area contributed by atoms with E-state index in [1.54, 1.807) is 0 Å². The van der Waals surface area contributed by atoms with Crippen LogP contribution < -0.4 is 0 Å². The molecular formula is C17H36N2Si. The molecule has 0 atom stereocenters. The summed E-state index contributed by atoms with van der Waals surface area (Å²) < 4.78 is 2.92. The van der Waals surface area contributed by atoms with Crippen molar-refractivity contribution in [1.82, 2.24) is 9.47 Å². The topological polar surface area (TPSA) is 6.48 Å². The quantitative estimate of drug-likeness (QED) is 0.655. The fraction of sp³-hybridized carbons (Fsp3) is 0.882. The first-order valence-corrected chi connectivity index (χ1v) is 10.7. The van der Waals surface area contributed by atoms with Gasteiger partial charge in [0, 0.05) is 26.2 Å². The van der Waals surface area contributed by atoms with Gasteiger partial charge < -0.3 is 9.47 Å². The molecule has 0 bridgehead atoms. The first-order valence-electron chi connectivity index (χ1n) is 8.53.